The van der Waals surface area contributed by atoms with Crippen molar-refractivity contribution < 1.29 is 32.6 Å². The van der Waals surface area contributed by atoms with Gasteiger partial charge in [-0.15, -0.1) is 0 Å². The minimum Gasteiger partial charge on any atom is -0.484 e. The highest BCUT2D eigenvalue weighted by Crippen LogP contribution is 2.26. The summed E-state index contributed by atoms with van der Waals surface area (Å²) in [6.45, 7) is 1.10. The van der Waals surface area contributed by atoms with Gasteiger partial charge in [-0.3, -0.25) is 14.5 Å². The first kappa shape index (κ1) is 20.0. The second kappa shape index (κ2) is 8.39. The largest absolute Gasteiger partial charge is 0.484 e. The van der Waals surface area contributed by atoms with Crippen molar-refractivity contribution in [1.82, 2.24) is 10.2 Å². The molecule has 1 aromatic carbocycles. The standard InChI is InChI=1S/C17H21F3N2O4/c1-2-22(9-15(23)24)13-7-12(8-13)21-16(25)11-3-5-14(6-4-11)26-10-17(18,19)20/h3-6,12-13H,2,7-10H2,1H3,(H,21,25)(H,23,24). The number of nitrogens with zero attached hydrogens (tertiary/aromatic N) is 1. The molecule has 0 bridgehead atoms. The number of nitrogens with one attached hydrogen (secondary N) is 1. The van der Waals surface area contributed by atoms with Gasteiger partial charge in [0.2, 0.25) is 0 Å². The Morgan fingerprint density at radius 2 is 1.88 bits per heavy atom. The number of carbonyl (C=O) groups excluding carboxylic acids is 1. The Labute approximate surface area is 148 Å². The Balaban J connectivity index is 1.79. The van der Waals surface area contributed by atoms with Crippen molar-refractivity contribution >= 4 is 11.9 Å². The summed E-state index contributed by atoms with van der Waals surface area (Å²) in [4.78, 5) is 24.8. The number of rotatable bonds is 8. The van der Waals surface area contributed by atoms with Gasteiger partial charge in [0.05, 0.1) is 6.54 Å². The van der Waals surface area contributed by atoms with Crippen molar-refractivity contribution in [3.63, 3.8) is 0 Å². The predicted molar refractivity (Wildman–Crippen MR) is 87.2 cm³/mol. The number of ether oxygens (including phenoxy) is 1. The van der Waals surface area contributed by atoms with Crippen LogP contribution in [0.3, 0.4) is 0 Å². The zero-order chi connectivity index (χ0) is 19.3. The highest BCUT2D eigenvalue weighted by molar-refractivity contribution is 5.94. The molecule has 0 aromatic heterocycles. The molecule has 6 nitrogen and oxygen atoms in total. The Morgan fingerprint density at radius 3 is 2.38 bits per heavy atom. The van der Waals surface area contributed by atoms with Crippen molar-refractivity contribution in [1.29, 1.82) is 0 Å². The zero-order valence-corrected chi connectivity index (χ0v) is 14.3. The lowest BCUT2D eigenvalue weighted by Crippen LogP contribution is -2.54. The molecule has 1 aliphatic rings. The second-order valence-electron chi connectivity index (χ2n) is 6.18. The van der Waals surface area contributed by atoms with E-state index in [4.69, 9.17) is 5.11 Å². The molecule has 9 heteroatoms. The molecular weight excluding hydrogens is 353 g/mol. The van der Waals surface area contributed by atoms with E-state index < -0.39 is 18.8 Å². The quantitative estimate of drug-likeness (QED) is 0.730. The van der Waals surface area contributed by atoms with Gasteiger partial charge < -0.3 is 15.2 Å². The zero-order valence-electron chi connectivity index (χ0n) is 14.3. The molecule has 1 aliphatic carbocycles. The first-order valence-corrected chi connectivity index (χ1v) is 8.24. The molecule has 1 aromatic rings. The molecule has 26 heavy (non-hydrogen) atoms. The van der Waals surface area contributed by atoms with Crippen LogP contribution >= 0.6 is 0 Å². The molecule has 1 fully saturated rings. The fraction of sp³-hybridized carbons (Fsp3) is 0.529. The van der Waals surface area contributed by atoms with E-state index in [1.54, 1.807) is 0 Å². The molecule has 2 N–H and O–H groups in total. The van der Waals surface area contributed by atoms with Crippen LogP contribution in [0, 0.1) is 0 Å². The number of aliphatic carboxylic acids is 1. The third-order valence-corrected chi connectivity index (χ3v) is 4.23. The van der Waals surface area contributed by atoms with E-state index in [9.17, 15) is 22.8 Å². The lowest BCUT2D eigenvalue weighted by molar-refractivity contribution is -0.153. The van der Waals surface area contributed by atoms with Crippen LogP contribution in [0.5, 0.6) is 5.75 Å². The fourth-order valence-corrected chi connectivity index (χ4v) is 2.81. The lowest BCUT2D eigenvalue weighted by atomic mass is 9.85. The predicted octanol–water partition coefficient (Wildman–Crippen LogP) is 2.30. The van der Waals surface area contributed by atoms with E-state index in [0.717, 1.165) is 0 Å². The maximum atomic E-state index is 12.2. The molecule has 0 spiro atoms. The number of benzene rings is 1. The van der Waals surface area contributed by atoms with Gasteiger partial charge in [0.15, 0.2) is 6.61 Å². The van der Waals surface area contributed by atoms with Crippen LogP contribution in [0.1, 0.15) is 30.1 Å². The Kier molecular flexibility index (Phi) is 6.47. The fourth-order valence-electron chi connectivity index (χ4n) is 2.81. The van der Waals surface area contributed by atoms with Crippen LogP contribution in [-0.4, -0.2) is 59.8 Å². The molecule has 144 valence electrons. The Bertz CT molecular complexity index is 628. The normalized spacial score (nSPS) is 19.7. The molecule has 2 rings (SSSR count). The number of alkyl halides is 3. The topological polar surface area (TPSA) is 78.9 Å². The lowest BCUT2D eigenvalue weighted by Gasteiger charge is -2.42. The minimum absolute atomic E-state index is 0.0266. The molecule has 0 unspecified atom stereocenters. The van der Waals surface area contributed by atoms with Crippen molar-refractivity contribution in [3.8, 4) is 5.75 Å². The van der Waals surface area contributed by atoms with Gasteiger partial charge in [-0.1, -0.05) is 6.92 Å². The number of halogens is 3. The number of amides is 1. The summed E-state index contributed by atoms with van der Waals surface area (Å²) in [7, 11) is 0. The first-order valence-electron chi connectivity index (χ1n) is 8.24. The van der Waals surface area contributed by atoms with E-state index in [0.29, 0.717) is 24.9 Å². The average Bonchev–Trinajstić information content (AvgIpc) is 2.53. The number of carbonyl (C=O) groups is 2. The number of carboxylic acid groups (broad SMARTS) is 1. The average molecular weight is 374 g/mol. The Morgan fingerprint density at radius 1 is 1.27 bits per heavy atom. The van der Waals surface area contributed by atoms with Crippen LogP contribution in [0.4, 0.5) is 13.2 Å². The van der Waals surface area contributed by atoms with E-state index in [2.05, 4.69) is 10.1 Å². The Hall–Kier alpha value is -2.29. The number of hydrogen-bond acceptors (Lipinski definition) is 4. The van der Waals surface area contributed by atoms with E-state index >= 15 is 0 Å². The summed E-state index contributed by atoms with van der Waals surface area (Å²) >= 11 is 0. The molecule has 1 saturated carbocycles. The van der Waals surface area contributed by atoms with Gasteiger partial charge in [-0.05, 0) is 43.7 Å². The maximum absolute atomic E-state index is 12.2. The van der Waals surface area contributed by atoms with E-state index in [1.165, 1.54) is 24.3 Å². The smallest absolute Gasteiger partial charge is 0.422 e. The van der Waals surface area contributed by atoms with Gasteiger partial charge in [0.1, 0.15) is 5.75 Å². The van der Waals surface area contributed by atoms with Crippen molar-refractivity contribution in [2.45, 2.75) is 38.0 Å². The van der Waals surface area contributed by atoms with Gasteiger partial charge >= 0.3 is 12.1 Å². The van der Waals surface area contributed by atoms with Crippen molar-refractivity contribution in [3.05, 3.63) is 29.8 Å². The van der Waals surface area contributed by atoms with Crippen molar-refractivity contribution in [2.75, 3.05) is 19.7 Å². The van der Waals surface area contributed by atoms with Crippen molar-refractivity contribution in [2.24, 2.45) is 0 Å². The molecule has 0 aliphatic heterocycles. The van der Waals surface area contributed by atoms with Crippen LogP contribution in [0.15, 0.2) is 24.3 Å². The molecule has 1 amide bonds. The number of carboxylic acids is 1. The summed E-state index contributed by atoms with van der Waals surface area (Å²) < 4.78 is 40.9. The minimum atomic E-state index is -4.41. The molecule has 0 saturated heterocycles. The molecule has 0 atom stereocenters. The molecule has 0 radical (unpaired) electrons. The van der Waals surface area contributed by atoms with Gasteiger partial charge in [0, 0.05) is 17.6 Å². The second-order valence-corrected chi connectivity index (χ2v) is 6.18. The summed E-state index contributed by atoms with van der Waals surface area (Å²) in [5, 5.41) is 11.7. The first-order chi connectivity index (χ1) is 12.2. The summed E-state index contributed by atoms with van der Waals surface area (Å²) in [5.41, 5.74) is 0.325. The highest BCUT2D eigenvalue weighted by Gasteiger charge is 2.34. The van der Waals surface area contributed by atoms with E-state index in [-0.39, 0.29) is 30.3 Å². The number of hydrogen-bond donors (Lipinski definition) is 2. The SMILES string of the molecule is CCN(CC(=O)O)C1CC(NC(=O)c2ccc(OCC(F)(F)F)cc2)C1. The van der Waals surface area contributed by atoms with Crippen LogP contribution in [0.25, 0.3) is 0 Å². The van der Waals surface area contributed by atoms with Gasteiger partial charge in [-0.2, -0.15) is 13.2 Å². The monoisotopic (exact) mass is 374 g/mol. The molecule has 0 heterocycles. The van der Waals surface area contributed by atoms with Crippen LogP contribution in [-0.2, 0) is 4.79 Å². The third-order valence-electron chi connectivity index (χ3n) is 4.23. The van der Waals surface area contributed by atoms with Gasteiger partial charge in [0.25, 0.3) is 5.91 Å². The highest BCUT2D eigenvalue weighted by atomic mass is 19.4. The number of likely N-dealkylation sites (N-methyl/N-ethyl adjacent to an activating group) is 1. The van der Waals surface area contributed by atoms with Crippen LogP contribution in [0.2, 0.25) is 0 Å². The summed E-state index contributed by atoms with van der Waals surface area (Å²) in [5.74, 6) is -1.17. The molecular formula is C17H21F3N2O4. The van der Waals surface area contributed by atoms with Gasteiger partial charge in [-0.25, -0.2) is 0 Å². The van der Waals surface area contributed by atoms with Crippen LogP contribution < -0.4 is 10.1 Å². The summed E-state index contributed by atoms with van der Waals surface area (Å²) in [6.07, 6.45) is -3.08. The third kappa shape index (κ3) is 5.91. The summed E-state index contributed by atoms with van der Waals surface area (Å²) in [6, 6.07) is 5.52. The maximum Gasteiger partial charge on any atom is 0.422 e. The van der Waals surface area contributed by atoms with E-state index in [1.807, 2.05) is 11.8 Å².